The second-order valence-corrected chi connectivity index (χ2v) is 5.77. The third-order valence-corrected chi connectivity index (χ3v) is 4.29. The van der Waals surface area contributed by atoms with Crippen LogP contribution in [0, 0.1) is 0 Å². The van der Waals surface area contributed by atoms with Gasteiger partial charge in [-0.2, -0.15) is 5.10 Å². The maximum absolute atomic E-state index is 4.77. The van der Waals surface area contributed by atoms with E-state index in [1.807, 2.05) is 22.9 Å². The van der Waals surface area contributed by atoms with E-state index in [4.69, 9.17) is 5.10 Å². The molecule has 0 unspecified atom stereocenters. The molecule has 4 aromatic rings. The molecule has 0 spiro atoms. The molecule has 3 nitrogen and oxygen atoms in total. The van der Waals surface area contributed by atoms with Crippen molar-refractivity contribution in [2.45, 2.75) is 19.8 Å². The van der Waals surface area contributed by atoms with Gasteiger partial charge in [-0.15, -0.1) is 0 Å². The zero-order chi connectivity index (χ0) is 15.6. The fourth-order valence-electron chi connectivity index (χ4n) is 3.09. The van der Waals surface area contributed by atoms with Crippen LogP contribution in [-0.4, -0.2) is 14.8 Å². The standard InChI is InChI=1S/C20H19N3/c1-2-19-16(14-23(22-19)17-8-4-3-5-9-17)12-15-13-21-20-11-7-6-10-18(15)20/h3-11,13-14,21H,2,12H2,1H3. The average Bonchev–Trinajstić information content (AvgIpc) is 3.21. The maximum Gasteiger partial charge on any atom is 0.0661 e. The van der Waals surface area contributed by atoms with Gasteiger partial charge in [0.15, 0.2) is 0 Å². The van der Waals surface area contributed by atoms with Crippen molar-refractivity contribution in [3.05, 3.63) is 83.8 Å². The summed E-state index contributed by atoms with van der Waals surface area (Å²) >= 11 is 0. The number of hydrogen-bond acceptors (Lipinski definition) is 1. The molecule has 0 amide bonds. The Kier molecular flexibility index (Phi) is 3.46. The highest BCUT2D eigenvalue weighted by Crippen LogP contribution is 2.23. The minimum atomic E-state index is 0.903. The van der Waals surface area contributed by atoms with Crippen LogP contribution in [0.3, 0.4) is 0 Å². The predicted molar refractivity (Wildman–Crippen MR) is 94.0 cm³/mol. The van der Waals surface area contributed by atoms with Crippen molar-refractivity contribution in [1.82, 2.24) is 14.8 Å². The molecule has 1 N–H and O–H groups in total. The molecule has 2 heterocycles. The van der Waals surface area contributed by atoms with Crippen molar-refractivity contribution in [2.24, 2.45) is 0 Å². The molecule has 23 heavy (non-hydrogen) atoms. The van der Waals surface area contributed by atoms with Gasteiger partial charge in [-0.3, -0.25) is 0 Å². The lowest BCUT2D eigenvalue weighted by Crippen LogP contribution is -1.94. The molecule has 0 aliphatic rings. The molecule has 0 saturated heterocycles. The molecular formula is C20H19N3. The smallest absolute Gasteiger partial charge is 0.0661 e. The zero-order valence-corrected chi connectivity index (χ0v) is 13.2. The first kappa shape index (κ1) is 13.8. The Labute approximate surface area is 135 Å². The van der Waals surface area contributed by atoms with Gasteiger partial charge >= 0.3 is 0 Å². The number of benzene rings is 2. The van der Waals surface area contributed by atoms with Crippen molar-refractivity contribution >= 4 is 10.9 Å². The highest BCUT2D eigenvalue weighted by Gasteiger charge is 2.11. The highest BCUT2D eigenvalue weighted by atomic mass is 15.3. The van der Waals surface area contributed by atoms with E-state index in [1.54, 1.807) is 0 Å². The molecule has 0 aliphatic carbocycles. The number of nitrogens with one attached hydrogen (secondary N) is 1. The van der Waals surface area contributed by atoms with E-state index in [2.05, 4.69) is 60.7 Å². The molecule has 0 bridgehead atoms. The summed E-state index contributed by atoms with van der Waals surface area (Å²) in [5.41, 5.74) is 6.08. The summed E-state index contributed by atoms with van der Waals surface area (Å²) in [5.74, 6) is 0. The molecule has 4 rings (SSSR count). The summed E-state index contributed by atoms with van der Waals surface area (Å²) in [6, 6.07) is 18.7. The first-order valence-corrected chi connectivity index (χ1v) is 8.03. The van der Waals surface area contributed by atoms with E-state index in [0.717, 1.165) is 18.5 Å². The Morgan fingerprint density at radius 1 is 0.957 bits per heavy atom. The van der Waals surface area contributed by atoms with Crippen LogP contribution in [0.1, 0.15) is 23.7 Å². The lowest BCUT2D eigenvalue weighted by Gasteiger charge is -1.99. The van der Waals surface area contributed by atoms with Gasteiger partial charge < -0.3 is 4.98 Å². The Morgan fingerprint density at radius 3 is 2.57 bits per heavy atom. The second-order valence-electron chi connectivity index (χ2n) is 5.77. The molecule has 0 aliphatic heterocycles. The number of nitrogens with zero attached hydrogens (tertiary/aromatic N) is 2. The Balaban J connectivity index is 1.73. The number of fused-ring (bicyclic) bond motifs is 1. The van der Waals surface area contributed by atoms with Crippen molar-refractivity contribution in [2.75, 3.05) is 0 Å². The minimum Gasteiger partial charge on any atom is -0.361 e. The second kappa shape index (κ2) is 5.76. The van der Waals surface area contributed by atoms with Crippen LogP contribution < -0.4 is 0 Å². The van der Waals surface area contributed by atoms with Gasteiger partial charge in [0, 0.05) is 29.7 Å². The Hall–Kier alpha value is -2.81. The van der Waals surface area contributed by atoms with E-state index in [9.17, 15) is 0 Å². The fraction of sp³-hybridized carbons (Fsp3) is 0.150. The Bertz CT molecular complexity index is 932. The topological polar surface area (TPSA) is 33.6 Å². The molecular weight excluding hydrogens is 282 g/mol. The summed E-state index contributed by atoms with van der Waals surface area (Å²) in [4.78, 5) is 3.36. The van der Waals surface area contributed by atoms with Crippen LogP contribution in [0.5, 0.6) is 0 Å². The number of H-pyrrole nitrogens is 1. The van der Waals surface area contributed by atoms with Gasteiger partial charge in [-0.1, -0.05) is 43.3 Å². The largest absolute Gasteiger partial charge is 0.361 e. The van der Waals surface area contributed by atoms with Crippen LogP contribution in [0.2, 0.25) is 0 Å². The van der Waals surface area contributed by atoms with Crippen molar-refractivity contribution < 1.29 is 0 Å². The normalized spacial score (nSPS) is 11.2. The molecule has 114 valence electrons. The summed E-state index contributed by atoms with van der Waals surface area (Å²) in [6.07, 6.45) is 6.12. The summed E-state index contributed by atoms with van der Waals surface area (Å²) in [7, 11) is 0. The summed E-state index contributed by atoms with van der Waals surface area (Å²) in [5, 5.41) is 6.06. The molecule has 0 atom stereocenters. The third kappa shape index (κ3) is 2.55. The van der Waals surface area contributed by atoms with Gasteiger partial charge in [0.05, 0.1) is 11.4 Å². The number of rotatable bonds is 4. The van der Waals surface area contributed by atoms with Crippen LogP contribution in [-0.2, 0) is 12.8 Å². The summed E-state index contributed by atoms with van der Waals surface area (Å²) in [6.45, 7) is 2.16. The maximum atomic E-state index is 4.77. The zero-order valence-electron chi connectivity index (χ0n) is 13.2. The molecule has 3 heteroatoms. The quantitative estimate of drug-likeness (QED) is 0.591. The van der Waals surface area contributed by atoms with Gasteiger partial charge in [0.1, 0.15) is 0 Å². The lowest BCUT2D eigenvalue weighted by atomic mass is 10.0. The number of hydrogen-bond donors (Lipinski definition) is 1. The Morgan fingerprint density at radius 2 is 1.74 bits per heavy atom. The minimum absolute atomic E-state index is 0.903. The first-order valence-electron chi connectivity index (χ1n) is 8.03. The first-order chi connectivity index (χ1) is 11.3. The highest BCUT2D eigenvalue weighted by molar-refractivity contribution is 5.83. The molecule has 0 saturated carbocycles. The number of aryl methyl sites for hydroxylation is 1. The van der Waals surface area contributed by atoms with Gasteiger partial charge in [-0.25, -0.2) is 4.68 Å². The van der Waals surface area contributed by atoms with Crippen LogP contribution in [0.25, 0.3) is 16.6 Å². The number of aromatic nitrogens is 3. The van der Waals surface area contributed by atoms with Crippen LogP contribution in [0.15, 0.2) is 67.0 Å². The molecule has 2 aromatic heterocycles. The molecule has 0 radical (unpaired) electrons. The monoisotopic (exact) mass is 301 g/mol. The van der Waals surface area contributed by atoms with E-state index in [-0.39, 0.29) is 0 Å². The van der Waals surface area contributed by atoms with E-state index in [1.165, 1.54) is 27.7 Å². The van der Waals surface area contributed by atoms with Gasteiger partial charge in [0.25, 0.3) is 0 Å². The van der Waals surface area contributed by atoms with Crippen LogP contribution >= 0.6 is 0 Å². The van der Waals surface area contributed by atoms with Gasteiger partial charge in [0.2, 0.25) is 0 Å². The summed E-state index contributed by atoms with van der Waals surface area (Å²) < 4.78 is 1.99. The van der Waals surface area contributed by atoms with Crippen molar-refractivity contribution in [3.63, 3.8) is 0 Å². The predicted octanol–water partition coefficient (Wildman–Crippen LogP) is 4.51. The number of aromatic amines is 1. The van der Waals surface area contributed by atoms with E-state index < -0.39 is 0 Å². The van der Waals surface area contributed by atoms with Crippen molar-refractivity contribution in [3.8, 4) is 5.69 Å². The lowest BCUT2D eigenvalue weighted by molar-refractivity contribution is 0.841. The third-order valence-electron chi connectivity index (χ3n) is 4.29. The van der Waals surface area contributed by atoms with E-state index in [0.29, 0.717) is 0 Å². The van der Waals surface area contributed by atoms with Crippen LogP contribution in [0.4, 0.5) is 0 Å². The number of para-hydroxylation sites is 2. The van der Waals surface area contributed by atoms with E-state index >= 15 is 0 Å². The SMILES string of the molecule is CCc1nn(-c2ccccc2)cc1Cc1c[nH]c2ccccc12. The molecule has 2 aromatic carbocycles. The van der Waals surface area contributed by atoms with Crippen molar-refractivity contribution in [1.29, 1.82) is 0 Å². The molecule has 0 fully saturated rings. The fourth-order valence-corrected chi connectivity index (χ4v) is 3.09. The average molecular weight is 301 g/mol. The van der Waals surface area contributed by atoms with Gasteiger partial charge in [-0.05, 0) is 35.7 Å².